The second kappa shape index (κ2) is 5.60. The predicted molar refractivity (Wildman–Crippen MR) is 85.5 cm³/mol. The lowest BCUT2D eigenvalue weighted by molar-refractivity contribution is -0.145. The Labute approximate surface area is 134 Å². The number of nitrogens with zero attached hydrogens (tertiary/aromatic N) is 1. The summed E-state index contributed by atoms with van der Waals surface area (Å²) in [5, 5.41) is 11.6. The van der Waals surface area contributed by atoms with Crippen molar-refractivity contribution in [1.29, 1.82) is 0 Å². The number of fused-ring (bicyclic) bond motifs is 1. The van der Waals surface area contributed by atoms with Crippen LogP contribution >= 0.6 is 38.6 Å². The Morgan fingerprint density at radius 2 is 2.30 bits per heavy atom. The summed E-state index contributed by atoms with van der Waals surface area (Å²) in [5.74, 6) is -0.758. The minimum atomic E-state index is -0.758. The molecule has 106 valence electrons. The van der Waals surface area contributed by atoms with Crippen LogP contribution in [0.1, 0.15) is 34.3 Å². The van der Waals surface area contributed by atoms with E-state index in [-0.39, 0.29) is 6.04 Å². The van der Waals surface area contributed by atoms with Gasteiger partial charge in [0, 0.05) is 22.3 Å². The van der Waals surface area contributed by atoms with Crippen molar-refractivity contribution in [2.24, 2.45) is 0 Å². The number of rotatable bonds is 3. The summed E-state index contributed by atoms with van der Waals surface area (Å²) in [5.41, 5.74) is 0.969. The highest BCUT2D eigenvalue weighted by atomic mass is 79.9. The van der Waals surface area contributed by atoms with Gasteiger partial charge in [0.15, 0.2) is 0 Å². The third-order valence-corrected chi connectivity index (χ3v) is 6.53. The average molecular weight is 372 g/mol. The van der Waals surface area contributed by atoms with E-state index in [2.05, 4.69) is 33.8 Å². The van der Waals surface area contributed by atoms with E-state index in [1.165, 1.54) is 9.75 Å². The maximum Gasteiger partial charge on any atom is 0.325 e. The summed E-state index contributed by atoms with van der Waals surface area (Å²) in [7, 11) is 0. The monoisotopic (exact) mass is 371 g/mol. The number of thiophene rings is 2. The molecule has 0 saturated heterocycles. The second-order valence-corrected chi connectivity index (χ2v) is 8.34. The number of aliphatic carboxylic acids is 1. The van der Waals surface area contributed by atoms with Crippen molar-refractivity contribution in [3.8, 4) is 0 Å². The molecule has 3 nitrogen and oxygen atoms in total. The minimum absolute atomic E-state index is 0.112. The largest absolute Gasteiger partial charge is 0.480 e. The molecule has 6 heteroatoms. The summed E-state index contributed by atoms with van der Waals surface area (Å²) in [6.07, 6.45) is 0.938. The molecule has 2 aromatic rings. The van der Waals surface area contributed by atoms with E-state index >= 15 is 0 Å². The summed E-state index contributed by atoms with van der Waals surface area (Å²) in [6.45, 7) is 2.88. The van der Waals surface area contributed by atoms with Gasteiger partial charge in [0.05, 0.1) is 3.79 Å². The molecule has 0 aromatic carbocycles. The standard InChI is InChI=1S/C14H14BrNO2S2/c1-8(10-2-3-12(15)20-10)16-6-4-11-9(5-7-19-11)13(16)14(17)18/h2-3,5,7-8,13H,4,6H2,1H3,(H,17,18). The number of hydrogen-bond acceptors (Lipinski definition) is 4. The Bertz CT molecular complexity index is 637. The fourth-order valence-electron chi connectivity index (χ4n) is 2.74. The highest BCUT2D eigenvalue weighted by molar-refractivity contribution is 9.11. The van der Waals surface area contributed by atoms with Gasteiger partial charge in [-0.2, -0.15) is 0 Å². The van der Waals surface area contributed by atoms with Crippen LogP contribution in [0.4, 0.5) is 0 Å². The number of hydrogen-bond donors (Lipinski definition) is 1. The van der Waals surface area contributed by atoms with Crippen LogP contribution in [0.2, 0.25) is 0 Å². The first-order chi connectivity index (χ1) is 9.58. The van der Waals surface area contributed by atoms with Crippen LogP contribution in [0.5, 0.6) is 0 Å². The molecular weight excluding hydrogens is 358 g/mol. The van der Waals surface area contributed by atoms with Gasteiger partial charge in [-0.25, -0.2) is 0 Å². The van der Waals surface area contributed by atoms with Crippen molar-refractivity contribution in [3.63, 3.8) is 0 Å². The zero-order valence-electron chi connectivity index (χ0n) is 10.9. The van der Waals surface area contributed by atoms with Crippen LogP contribution < -0.4 is 0 Å². The highest BCUT2D eigenvalue weighted by Crippen LogP contribution is 2.40. The first kappa shape index (κ1) is 14.3. The quantitative estimate of drug-likeness (QED) is 0.873. The van der Waals surface area contributed by atoms with Gasteiger partial charge in [-0.15, -0.1) is 22.7 Å². The molecule has 0 saturated carbocycles. The number of carboxylic acid groups (broad SMARTS) is 1. The Balaban J connectivity index is 1.95. The van der Waals surface area contributed by atoms with Gasteiger partial charge in [0.25, 0.3) is 0 Å². The zero-order valence-corrected chi connectivity index (χ0v) is 14.1. The van der Waals surface area contributed by atoms with Crippen LogP contribution in [0, 0.1) is 0 Å². The topological polar surface area (TPSA) is 40.5 Å². The first-order valence-electron chi connectivity index (χ1n) is 6.38. The predicted octanol–water partition coefficient (Wildman–Crippen LogP) is 4.32. The van der Waals surface area contributed by atoms with Crippen molar-refractivity contribution in [2.45, 2.75) is 25.4 Å². The lowest BCUT2D eigenvalue weighted by Gasteiger charge is -2.37. The maximum absolute atomic E-state index is 11.7. The SMILES string of the molecule is CC(c1ccc(Br)s1)N1CCc2sccc2C1C(=O)O. The third kappa shape index (κ3) is 2.45. The summed E-state index contributed by atoms with van der Waals surface area (Å²) in [4.78, 5) is 16.2. The smallest absolute Gasteiger partial charge is 0.325 e. The van der Waals surface area contributed by atoms with E-state index < -0.39 is 12.0 Å². The molecule has 0 fully saturated rings. The molecule has 20 heavy (non-hydrogen) atoms. The van der Waals surface area contributed by atoms with E-state index in [1.807, 2.05) is 17.5 Å². The molecule has 1 aliphatic rings. The van der Waals surface area contributed by atoms with E-state index in [0.29, 0.717) is 0 Å². The van der Waals surface area contributed by atoms with E-state index in [1.54, 1.807) is 22.7 Å². The van der Waals surface area contributed by atoms with Gasteiger partial charge in [-0.1, -0.05) is 0 Å². The van der Waals surface area contributed by atoms with Crippen LogP contribution in [0.15, 0.2) is 27.4 Å². The van der Waals surface area contributed by atoms with Gasteiger partial charge in [-0.3, -0.25) is 9.69 Å². The molecule has 0 spiro atoms. The van der Waals surface area contributed by atoms with Gasteiger partial charge >= 0.3 is 5.97 Å². The van der Waals surface area contributed by atoms with Crippen LogP contribution in [0.3, 0.4) is 0 Å². The minimum Gasteiger partial charge on any atom is -0.480 e. The van der Waals surface area contributed by atoms with E-state index in [9.17, 15) is 9.90 Å². The molecule has 1 aliphatic heterocycles. The third-order valence-electron chi connectivity index (χ3n) is 3.74. The molecule has 0 radical (unpaired) electrons. The summed E-state index contributed by atoms with van der Waals surface area (Å²) in [6, 6.07) is 5.64. The molecule has 3 rings (SSSR count). The summed E-state index contributed by atoms with van der Waals surface area (Å²) < 4.78 is 1.08. The van der Waals surface area contributed by atoms with Crippen molar-refractivity contribution in [3.05, 3.63) is 42.7 Å². The fraction of sp³-hybridized carbons (Fsp3) is 0.357. The van der Waals surface area contributed by atoms with Crippen LogP contribution in [-0.2, 0) is 11.2 Å². The van der Waals surface area contributed by atoms with Crippen molar-refractivity contribution >= 4 is 44.6 Å². The molecule has 2 unspecified atom stereocenters. The van der Waals surface area contributed by atoms with Gasteiger partial charge < -0.3 is 5.11 Å². The lowest BCUT2D eigenvalue weighted by Crippen LogP contribution is -2.40. The summed E-state index contributed by atoms with van der Waals surface area (Å²) >= 11 is 6.81. The molecule has 1 N–H and O–H groups in total. The van der Waals surface area contributed by atoms with Gasteiger partial charge in [0.1, 0.15) is 6.04 Å². The molecule has 2 aromatic heterocycles. The van der Waals surface area contributed by atoms with Gasteiger partial charge in [0.2, 0.25) is 0 Å². The highest BCUT2D eigenvalue weighted by Gasteiger charge is 2.36. The van der Waals surface area contributed by atoms with E-state index in [0.717, 1.165) is 22.3 Å². The Morgan fingerprint density at radius 3 is 2.95 bits per heavy atom. The zero-order chi connectivity index (χ0) is 14.3. The van der Waals surface area contributed by atoms with E-state index in [4.69, 9.17) is 0 Å². The number of carbonyl (C=O) groups is 1. The number of halogens is 1. The van der Waals surface area contributed by atoms with Crippen molar-refractivity contribution < 1.29 is 9.90 Å². The normalized spacial score (nSPS) is 20.6. The fourth-order valence-corrected chi connectivity index (χ4v) is 5.14. The Hall–Kier alpha value is -0.690. The molecule has 0 amide bonds. The molecule has 3 heterocycles. The van der Waals surface area contributed by atoms with Crippen molar-refractivity contribution in [1.82, 2.24) is 4.90 Å². The second-order valence-electron chi connectivity index (χ2n) is 4.85. The molecule has 0 bridgehead atoms. The van der Waals surface area contributed by atoms with Crippen LogP contribution in [-0.4, -0.2) is 22.5 Å². The number of carboxylic acids is 1. The van der Waals surface area contributed by atoms with Crippen LogP contribution in [0.25, 0.3) is 0 Å². The lowest BCUT2D eigenvalue weighted by atomic mass is 9.98. The first-order valence-corrected chi connectivity index (χ1v) is 8.87. The van der Waals surface area contributed by atoms with Crippen molar-refractivity contribution in [2.75, 3.05) is 6.54 Å². The molecule has 0 aliphatic carbocycles. The Kier molecular flexibility index (Phi) is 3.99. The Morgan fingerprint density at radius 1 is 1.50 bits per heavy atom. The maximum atomic E-state index is 11.7. The average Bonchev–Trinajstić information content (AvgIpc) is 3.04. The molecular formula is C14H14BrNO2S2. The molecule has 2 atom stereocenters. The van der Waals surface area contributed by atoms with Gasteiger partial charge in [-0.05, 0) is 58.4 Å².